The van der Waals surface area contributed by atoms with E-state index in [2.05, 4.69) is 66.6 Å². The fourth-order valence-corrected chi connectivity index (χ4v) is 1.90. The smallest absolute Gasteiger partial charge is 0.0430 e. The van der Waals surface area contributed by atoms with Crippen molar-refractivity contribution in [2.24, 2.45) is 5.73 Å². The molecule has 0 aromatic heterocycles. The molecule has 0 aliphatic rings. The Morgan fingerprint density at radius 1 is 0.842 bits per heavy atom. The van der Waals surface area contributed by atoms with E-state index in [1.807, 2.05) is 12.1 Å². The highest BCUT2D eigenvalue weighted by Gasteiger charge is 2.05. The molecule has 2 nitrogen and oxygen atoms in total. The molecule has 0 amide bonds. The zero-order valence-electron chi connectivity index (χ0n) is 11.3. The molecule has 0 heterocycles. The standard InChI is InChI=1S/C15H18N2.C2H4/c16-11-12-17(15-9-5-2-6-10-15)13-14-7-3-1-4-8-14;1-2/h1-10H,11-13,16H2;1-2H2. The SMILES string of the molecule is C=C.NCCN(Cc1ccccc1)c1ccccc1. The summed E-state index contributed by atoms with van der Waals surface area (Å²) in [6, 6.07) is 20.9. The maximum absolute atomic E-state index is 5.68. The van der Waals surface area contributed by atoms with Crippen molar-refractivity contribution in [1.29, 1.82) is 0 Å². The van der Waals surface area contributed by atoms with Gasteiger partial charge in [0.15, 0.2) is 0 Å². The number of benzene rings is 2. The van der Waals surface area contributed by atoms with Gasteiger partial charge in [-0.05, 0) is 17.7 Å². The highest BCUT2D eigenvalue weighted by atomic mass is 15.1. The number of nitrogens with two attached hydrogens (primary N) is 1. The Balaban J connectivity index is 0.000000861. The molecule has 0 unspecified atom stereocenters. The van der Waals surface area contributed by atoms with Crippen molar-refractivity contribution < 1.29 is 0 Å². The van der Waals surface area contributed by atoms with Gasteiger partial charge in [0.25, 0.3) is 0 Å². The maximum atomic E-state index is 5.68. The van der Waals surface area contributed by atoms with E-state index in [-0.39, 0.29) is 0 Å². The Kier molecular flexibility index (Phi) is 7.06. The average molecular weight is 254 g/mol. The summed E-state index contributed by atoms with van der Waals surface area (Å²) in [5, 5.41) is 0. The van der Waals surface area contributed by atoms with Gasteiger partial charge in [-0.3, -0.25) is 0 Å². The van der Waals surface area contributed by atoms with Crippen molar-refractivity contribution in [3.05, 3.63) is 79.4 Å². The molecular formula is C17H22N2. The van der Waals surface area contributed by atoms with E-state index in [9.17, 15) is 0 Å². The zero-order valence-corrected chi connectivity index (χ0v) is 11.3. The molecule has 2 aromatic carbocycles. The summed E-state index contributed by atoms with van der Waals surface area (Å²) >= 11 is 0. The Hall–Kier alpha value is -2.06. The van der Waals surface area contributed by atoms with Gasteiger partial charge in [0.2, 0.25) is 0 Å². The van der Waals surface area contributed by atoms with Crippen LogP contribution in [0.25, 0.3) is 0 Å². The number of rotatable bonds is 5. The fourth-order valence-electron chi connectivity index (χ4n) is 1.90. The first-order valence-electron chi connectivity index (χ1n) is 6.44. The third kappa shape index (κ3) is 4.98. The van der Waals surface area contributed by atoms with Crippen LogP contribution in [0.5, 0.6) is 0 Å². The number of para-hydroxylation sites is 1. The second-order valence-corrected chi connectivity index (χ2v) is 4.03. The predicted octanol–water partition coefficient (Wildman–Crippen LogP) is 3.45. The number of anilines is 1. The van der Waals surface area contributed by atoms with Crippen LogP contribution < -0.4 is 10.6 Å². The summed E-state index contributed by atoms with van der Waals surface area (Å²) in [6.45, 7) is 8.45. The van der Waals surface area contributed by atoms with Crippen molar-refractivity contribution in [3.8, 4) is 0 Å². The van der Waals surface area contributed by atoms with E-state index in [4.69, 9.17) is 5.73 Å². The van der Waals surface area contributed by atoms with E-state index in [0.29, 0.717) is 6.54 Å². The number of nitrogens with zero attached hydrogens (tertiary/aromatic N) is 1. The van der Waals surface area contributed by atoms with Crippen LogP contribution in [0.15, 0.2) is 73.8 Å². The van der Waals surface area contributed by atoms with Gasteiger partial charge < -0.3 is 10.6 Å². The molecule has 19 heavy (non-hydrogen) atoms. The lowest BCUT2D eigenvalue weighted by molar-refractivity contribution is 0.790. The number of hydrogen-bond acceptors (Lipinski definition) is 2. The van der Waals surface area contributed by atoms with Gasteiger partial charge in [-0.1, -0.05) is 48.5 Å². The summed E-state index contributed by atoms with van der Waals surface area (Å²) in [4.78, 5) is 2.30. The molecule has 0 spiro atoms. The molecule has 100 valence electrons. The molecule has 0 aliphatic heterocycles. The van der Waals surface area contributed by atoms with Crippen LogP contribution in [0.3, 0.4) is 0 Å². The Labute approximate surface area is 116 Å². The minimum Gasteiger partial charge on any atom is -0.366 e. The molecule has 0 fully saturated rings. The van der Waals surface area contributed by atoms with Crippen molar-refractivity contribution >= 4 is 5.69 Å². The van der Waals surface area contributed by atoms with Crippen LogP contribution in [0.4, 0.5) is 5.69 Å². The van der Waals surface area contributed by atoms with E-state index in [1.165, 1.54) is 11.3 Å². The first kappa shape index (κ1) is 15.0. The Bertz CT molecular complexity index is 439. The van der Waals surface area contributed by atoms with Gasteiger partial charge in [-0.25, -0.2) is 0 Å². The monoisotopic (exact) mass is 254 g/mol. The highest BCUT2D eigenvalue weighted by Crippen LogP contribution is 2.15. The third-order valence-corrected chi connectivity index (χ3v) is 2.74. The van der Waals surface area contributed by atoms with Gasteiger partial charge in [-0.15, -0.1) is 13.2 Å². The summed E-state index contributed by atoms with van der Waals surface area (Å²) < 4.78 is 0. The lowest BCUT2D eigenvalue weighted by atomic mass is 10.2. The number of hydrogen-bond donors (Lipinski definition) is 1. The lowest BCUT2D eigenvalue weighted by Gasteiger charge is -2.24. The van der Waals surface area contributed by atoms with E-state index >= 15 is 0 Å². The van der Waals surface area contributed by atoms with Gasteiger partial charge in [-0.2, -0.15) is 0 Å². The normalized spacial score (nSPS) is 9.32. The predicted molar refractivity (Wildman–Crippen MR) is 84.2 cm³/mol. The summed E-state index contributed by atoms with van der Waals surface area (Å²) in [5.41, 5.74) is 8.21. The van der Waals surface area contributed by atoms with Crippen molar-refractivity contribution in [2.45, 2.75) is 6.54 Å². The molecule has 0 atom stereocenters. The first-order chi connectivity index (χ1) is 9.40. The van der Waals surface area contributed by atoms with Crippen LogP contribution in [0, 0.1) is 0 Å². The van der Waals surface area contributed by atoms with Crippen LogP contribution in [0.1, 0.15) is 5.56 Å². The highest BCUT2D eigenvalue weighted by molar-refractivity contribution is 5.46. The summed E-state index contributed by atoms with van der Waals surface area (Å²) in [6.07, 6.45) is 0. The Morgan fingerprint density at radius 3 is 1.89 bits per heavy atom. The largest absolute Gasteiger partial charge is 0.366 e. The van der Waals surface area contributed by atoms with Gasteiger partial charge in [0.1, 0.15) is 0 Å². The molecule has 0 bridgehead atoms. The minimum atomic E-state index is 0.668. The zero-order chi connectivity index (χ0) is 13.9. The van der Waals surface area contributed by atoms with Gasteiger partial charge in [0, 0.05) is 25.3 Å². The summed E-state index contributed by atoms with van der Waals surface area (Å²) in [5.74, 6) is 0. The first-order valence-corrected chi connectivity index (χ1v) is 6.44. The van der Waals surface area contributed by atoms with Crippen LogP contribution in [-0.2, 0) is 6.54 Å². The molecule has 0 aliphatic carbocycles. The van der Waals surface area contributed by atoms with Crippen LogP contribution in [0.2, 0.25) is 0 Å². The van der Waals surface area contributed by atoms with Crippen molar-refractivity contribution in [2.75, 3.05) is 18.0 Å². The second-order valence-electron chi connectivity index (χ2n) is 4.03. The van der Waals surface area contributed by atoms with Crippen LogP contribution in [-0.4, -0.2) is 13.1 Å². The van der Waals surface area contributed by atoms with Crippen molar-refractivity contribution in [1.82, 2.24) is 0 Å². The molecule has 2 heteroatoms. The third-order valence-electron chi connectivity index (χ3n) is 2.74. The van der Waals surface area contributed by atoms with E-state index in [0.717, 1.165) is 13.1 Å². The Morgan fingerprint density at radius 2 is 1.37 bits per heavy atom. The topological polar surface area (TPSA) is 29.3 Å². The molecule has 0 saturated carbocycles. The average Bonchev–Trinajstić information content (AvgIpc) is 2.51. The molecule has 2 N–H and O–H groups in total. The van der Waals surface area contributed by atoms with Crippen molar-refractivity contribution in [3.63, 3.8) is 0 Å². The van der Waals surface area contributed by atoms with Gasteiger partial charge in [0.05, 0.1) is 0 Å². The summed E-state index contributed by atoms with van der Waals surface area (Å²) in [7, 11) is 0. The van der Waals surface area contributed by atoms with E-state index in [1.54, 1.807) is 0 Å². The molecule has 0 saturated heterocycles. The molecular weight excluding hydrogens is 232 g/mol. The molecule has 0 radical (unpaired) electrons. The quantitative estimate of drug-likeness (QED) is 0.828. The second kappa shape index (κ2) is 8.95. The van der Waals surface area contributed by atoms with E-state index < -0.39 is 0 Å². The molecule has 2 aromatic rings. The van der Waals surface area contributed by atoms with Gasteiger partial charge >= 0.3 is 0 Å². The minimum absolute atomic E-state index is 0.668. The van der Waals surface area contributed by atoms with Crippen LogP contribution >= 0.6 is 0 Å². The maximum Gasteiger partial charge on any atom is 0.0430 e. The molecule has 2 rings (SSSR count). The lowest BCUT2D eigenvalue weighted by Crippen LogP contribution is -2.28. The fraction of sp³-hybridized carbons (Fsp3) is 0.176.